The van der Waals surface area contributed by atoms with Crippen LogP contribution in [0, 0.1) is 0 Å². The normalized spacial score (nSPS) is 10.0. The highest BCUT2D eigenvalue weighted by Gasteiger charge is 1.82. The van der Waals surface area contributed by atoms with Crippen molar-refractivity contribution in [1.82, 2.24) is 5.32 Å². The molecule has 0 aromatic carbocycles. The minimum atomic E-state index is -0.602. The largest absolute Gasteiger partial charge is 0.381 e. The molecule has 0 unspecified atom stereocenters. The Kier molecular flexibility index (Phi) is 2.97. The van der Waals surface area contributed by atoms with Gasteiger partial charge in [-0.3, -0.25) is 5.32 Å². The summed E-state index contributed by atoms with van der Waals surface area (Å²) in [5.74, 6) is 0. The Labute approximate surface area is 36.1 Å². The van der Waals surface area contributed by atoms with E-state index in [0.29, 0.717) is 0 Å². The lowest BCUT2D eigenvalue weighted by Gasteiger charge is -2.00. The van der Waals surface area contributed by atoms with Crippen LogP contribution >= 0.6 is 0 Å². The molecule has 4 heteroatoms. The van der Waals surface area contributed by atoms with Gasteiger partial charge in [0.25, 0.3) is 0 Å². The van der Waals surface area contributed by atoms with Crippen LogP contribution in [0.5, 0.6) is 0 Å². The molecule has 6 N–H and O–H groups in total. The molecular weight excluding hydrogens is 82.0 g/mol. The van der Waals surface area contributed by atoms with Crippen LogP contribution in [-0.4, -0.2) is 18.1 Å². The number of aliphatic hydroxyl groups is 1. The van der Waals surface area contributed by atoms with Crippen LogP contribution in [0.15, 0.2) is 0 Å². The zero-order valence-corrected chi connectivity index (χ0v) is 3.39. The Bertz CT molecular complexity index is 30.0. The van der Waals surface area contributed by atoms with Gasteiger partial charge < -0.3 is 16.6 Å². The molecule has 0 aromatic rings. The molecule has 0 fully saturated rings. The van der Waals surface area contributed by atoms with E-state index in [0.717, 1.165) is 0 Å². The molecule has 0 atom stereocenters. The van der Waals surface area contributed by atoms with Crippen molar-refractivity contribution in [2.75, 3.05) is 6.73 Å². The molecule has 4 nitrogen and oxygen atoms in total. The maximum absolute atomic E-state index is 7.97. The second kappa shape index (κ2) is 3.05. The molecule has 0 aliphatic carbocycles. The summed E-state index contributed by atoms with van der Waals surface area (Å²) < 4.78 is 0. The quantitative estimate of drug-likeness (QED) is 0.289. The molecule has 0 bridgehead atoms. The minimum absolute atomic E-state index is 0.169. The Hall–Kier alpha value is -0.160. The van der Waals surface area contributed by atoms with Crippen molar-refractivity contribution in [3.8, 4) is 0 Å². The molecule has 38 valence electrons. The highest BCUT2D eigenvalue weighted by molar-refractivity contribution is 4.37. The van der Waals surface area contributed by atoms with E-state index in [2.05, 4.69) is 5.32 Å². The molecule has 0 radical (unpaired) electrons. The van der Waals surface area contributed by atoms with Gasteiger partial charge >= 0.3 is 0 Å². The summed E-state index contributed by atoms with van der Waals surface area (Å²) >= 11 is 0. The van der Waals surface area contributed by atoms with E-state index in [1.54, 1.807) is 0 Å². The number of aliphatic hydroxyl groups excluding tert-OH is 1. The average Bonchev–Trinajstić information content (AvgIpc) is 1.35. The van der Waals surface area contributed by atoms with Gasteiger partial charge in [-0.1, -0.05) is 0 Å². The second-order valence-corrected chi connectivity index (χ2v) is 0.888. The highest BCUT2D eigenvalue weighted by Crippen LogP contribution is 1.44. The van der Waals surface area contributed by atoms with E-state index in [-0.39, 0.29) is 6.73 Å². The predicted molar refractivity (Wildman–Crippen MR) is 22.4 cm³/mol. The van der Waals surface area contributed by atoms with Gasteiger partial charge in [-0.05, 0) is 0 Å². The van der Waals surface area contributed by atoms with Gasteiger partial charge in [0.1, 0.15) is 6.29 Å². The van der Waals surface area contributed by atoms with E-state index < -0.39 is 6.29 Å². The first-order valence-electron chi connectivity index (χ1n) is 1.63. The molecule has 0 rings (SSSR count). The molecular formula is C2H9N3O. The minimum Gasteiger partial charge on any atom is -0.381 e. The second-order valence-electron chi connectivity index (χ2n) is 0.888. The van der Waals surface area contributed by atoms with Crippen molar-refractivity contribution in [3.05, 3.63) is 0 Å². The summed E-state index contributed by atoms with van der Waals surface area (Å²) in [6, 6.07) is 0. The van der Waals surface area contributed by atoms with Crippen LogP contribution in [0.4, 0.5) is 0 Å². The number of hydrogen-bond donors (Lipinski definition) is 4. The summed E-state index contributed by atoms with van der Waals surface area (Å²) in [5, 5.41) is 10.3. The standard InChI is InChI=1S/C2H9N3O/c3-2(4)5-1-6/h2,5-6H,1,3-4H2. The Morgan fingerprint density at radius 3 is 2.17 bits per heavy atom. The Morgan fingerprint density at radius 1 is 1.67 bits per heavy atom. The van der Waals surface area contributed by atoms with Gasteiger partial charge in [0.2, 0.25) is 0 Å². The van der Waals surface area contributed by atoms with Crippen molar-refractivity contribution >= 4 is 0 Å². The third-order valence-corrected chi connectivity index (χ3v) is 0.327. The molecule has 0 heterocycles. The molecule has 0 saturated heterocycles. The third-order valence-electron chi connectivity index (χ3n) is 0.327. The smallest absolute Gasteiger partial charge is 0.108 e. The maximum atomic E-state index is 7.97. The van der Waals surface area contributed by atoms with Gasteiger partial charge in [-0.2, -0.15) is 0 Å². The molecule has 0 saturated carbocycles. The first-order chi connectivity index (χ1) is 2.77. The monoisotopic (exact) mass is 91.1 g/mol. The van der Waals surface area contributed by atoms with E-state index in [4.69, 9.17) is 16.6 Å². The summed E-state index contributed by atoms with van der Waals surface area (Å²) in [6.45, 7) is -0.169. The molecule has 0 spiro atoms. The Balaban J connectivity index is 2.63. The lowest BCUT2D eigenvalue weighted by Crippen LogP contribution is -2.45. The van der Waals surface area contributed by atoms with Crippen molar-refractivity contribution < 1.29 is 5.11 Å². The maximum Gasteiger partial charge on any atom is 0.108 e. The summed E-state index contributed by atoms with van der Waals surface area (Å²) in [6.07, 6.45) is -0.602. The molecule has 0 aromatic heterocycles. The van der Waals surface area contributed by atoms with Gasteiger partial charge in [0.15, 0.2) is 0 Å². The van der Waals surface area contributed by atoms with Crippen molar-refractivity contribution in [3.63, 3.8) is 0 Å². The molecule has 0 aliphatic rings. The van der Waals surface area contributed by atoms with Crippen molar-refractivity contribution in [1.29, 1.82) is 0 Å². The summed E-state index contributed by atoms with van der Waals surface area (Å²) in [5.41, 5.74) is 9.82. The fourth-order valence-corrected chi connectivity index (χ4v) is 0.105. The topological polar surface area (TPSA) is 84.3 Å². The lowest BCUT2D eigenvalue weighted by atomic mass is 10.9. The van der Waals surface area contributed by atoms with Crippen molar-refractivity contribution in [2.24, 2.45) is 11.5 Å². The van der Waals surface area contributed by atoms with Crippen LogP contribution in [0.2, 0.25) is 0 Å². The predicted octanol–water partition coefficient (Wildman–Crippen LogP) is -2.27. The Morgan fingerprint density at radius 2 is 2.17 bits per heavy atom. The fourth-order valence-electron chi connectivity index (χ4n) is 0.105. The zero-order chi connectivity index (χ0) is 4.99. The summed E-state index contributed by atoms with van der Waals surface area (Å²) in [7, 11) is 0. The summed E-state index contributed by atoms with van der Waals surface area (Å²) in [4.78, 5) is 0. The first-order valence-corrected chi connectivity index (χ1v) is 1.63. The van der Waals surface area contributed by atoms with Crippen LogP contribution in [0.3, 0.4) is 0 Å². The van der Waals surface area contributed by atoms with Crippen LogP contribution in [-0.2, 0) is 0 Å². The number of hydrogen-bond acceptors (Lipinski definition) is 4. The molecule has 6 heavy (non-hydrogen) atoms. The SMILES string of the molecule is NC(N)NCO. The van der Waals surface area contributed by atoms with E-state index in [1.165, 1.54) is 0 Å². The van der Waals surface area contributed by atoms with Gasteiger partial charge in [0.05, 0.1) is 6.73 Å². The zero-order valence-electron chi connectivity index (χ0n) is 3.39. The van der Waals surface area contributed by atoms with Gasteiger partial charge in [0, 0.05) is 0 Å². The van der Waals surface area contributed by atoms with Crippen LogP contribution in [0.1, 0.15) is 0 Å². The van der Waals surface area contributed by atoms with Gasteiger partial charge in [-0.15, -0.1) is 0 Å². The number of rotatable bonds is 2. The van der Waals surface area contributed by atoms with Gasteiger partial charge in [-0.25, -0.2) is 0 Å². The molecule has 0 aliphatic heterocycles. The van der Waals surface area contributed by atoms with E-state index >= 15 is 0 Å². The average molecular weight is 91.1 g/mol. The van der Waals surface area contributed by atoms with Crippen LogP contribution < -0.4 is 16.8 Å². The van der Waals surface area contributed by atoms with Crippen LogP contribution in [0.25, 0.3) is 0 Å². The lowest BCUT2D eigenvalue weighted by molar-refractivity contribution is 0.243. The number of nitrogens with one attached hydrogen (secondary N) is 1. The number of nitrogens with two attached hydrogens (primary N) is 2. The van der Waals surface area contributed by atoms with E-state index in [9.17, 15) is 0 Å². The highest BCUT2D eigenvalue weighted by atomic mass is 16.3. The van der Waals surface area contributed by atoms with E-state index in [1.807, 2.05) is 0 Å². The fraction of sp³-hybridized carbons (Fsp3) is 1.00. The first kappa shape index (κ1) is 5.84. The van der Waals surface area contributed by atoms with Crippen molar-refractivity contribution in [2.45, 2.75) is 6.29 Å². The third kappa shape index (κ3) is 3.84. The molecule has 0 amide bonds.